The molecule has 1 rings (SSSR count). The normalized spacial score (nSPS) is 25.9. The highest BCUT2D eigenvalue weighted by Crippen LogP contribution is 2.39. The number of hydrogen-bond acceptors (Lipinski definition) is 3. The average Bonchev–Trinajstić information content (AvgIpc) is 2.56. The zero-order valence-electron chi connectivity index (χ0n) is 11.4. The van der Waals surface area contributed by atoms with Crippen LogP contribution in [0.1, 0.15) is 20.8 Å². The van der Waals surface area contributed by atoms with Crippen LogP contribution in [-0.4, -0.2) is 48.8 Å². The summed E-state index contributed by atoms with van der Waals surface area (Å²) in [5, 5.41) is 8.84. The van der Waals surface area contributed by atoms with Gasteiger partial charge < -0.3 is 5.11 Å². The molecule has 1 N–H and O–H groups in total. The minimum absolute atomic E-state index is 0.323. The molecule has 118 valence electrons. The third-order valence-corrected chi connectivity index (χ3v) is 5.35. The number of sulfonamides is 1. The lowest BCUT2D eigenvalue weighted by Crippen LogP contribution is -2.36. The van der Waals surface area contributed by atoms with Crippen molar-refractivity contribution < 1.29 is 31.5 Å². The summed E-state index contributed by atoms with van der Waals surface area (Å²) >= 11 is 0. The van der Waals surface area contributed by atoms with Crippen molar-refractivity contribution in [3.05, 3.63) is 0 Å². The standard InChI is InChI=1S/C11H18F3NO4S/c1-10(2,3)6-20(18,19)15-4-7(9(16)17)8(5-15)11(12,13)14/h7-8H,4-6H2,1-3H3,(H,16,17)/t7-,8-/m1/s1. The number of nitrogens with zero attached hydrogens (tertiary/aromatic N) is 1. The topological polar surface area (TPSA) is 74.7 Å². The molecule has 2 atom stereocenters. The minimum atomic E-state index is -4.73. The van der Waals surface area contributed by atoms with Gasteiger partial charge in [0.1, 0.15) is 0 Å². The zero-order chi connectivity index (χ0) is 15.9. The fraction of sp³-hybridized carbons (Fsp3) is 0.909. The largest absolute Gasteiger partial charge is 0.481 e. The maximum Gasteiger partial charge on any atom is 0.393 e. The van der Waals surface area contributed by atoms with Gasteiger partial charge in [-0.25, -0.2) is 12.7 Å². The van der Waals surface area contributed by atoms with Gasteiger partial charge in [0.15, 0.2) is 0 Å². The molecule has 0 bridgehead atoms. The highest BCUT2D eigenvalue weighted by molar-refractivity contribution is 7.89. The van der Waals surface area contributed by atoms with Gasteiger partial charge in [-0.05, 0) is 5.41 Å². The Balaban J connectivity index is 2.99. The molecule has 0 spiro atoms. The molecule has 1 aliphatic heterocycles. The molecule has 1 heterocycles. The van der Waals surface area contributed by atoms with E-state index in [9.17, 15) is 26.4 Å². The lowest BCUT2D eigenvalue weighted by atomic mass is 9.96. The summed E-state index contributed by atoms with van der Waals surface area (Å²) in [4.78, 5) is 10.9. The van der Waals surface area contributed by atoms with Crippen LogP contribution in [0, 0.1) is 17.3 Å². The van der Waals surface area contributed by atoms with Gasteiger partial charge in [-0.3, -0.25) is 4.79 Å². The van der Waals surface area contributed by atoms with Crippen LogP contribution in [0.3, 0.4) is 0 Å². The molecule has 0 aromatic carbocycles. The number of aliphatic carboxylic acids is 1. The van der Waals surface area contributed by atoms with Crippen LogP contribution < -0.4 is 0 Å². The van der Waals surface area contributed by atoms with Crippen LogP contribution in [0.15, 0.2) is 0 Å². The second kappa shape index (κ2) is 5.18. The lowest BCUT2D eigenvalue weighted by Gasteiger charge is -2.23. The lowest BCUT2D eigenvalue weighted by molar-refractivity contribution is -0.187. The van der Waals surface area contributed by atoms with Crippen molar-refractivity contribution in [3.63, 3.8) is 0 Å². The van der Waals surface area contributed by atoms with E-state index in [1.807, 2.05) is 0 Å². The van der Waals surface area contributed by atoms with Crippen LogP contribution in [0.4, 0.5) is 13.2 Å². The van der Waals surface area contributed by atoms with E-state index in [2.05, 4.69) is 0 Å². The highest BCUT2D eigenvalue weighted by atomic mass is 32.2. The molecule has 1 fully saturated rings. The predicted octanol–water partition coefficient (Wildman–Crippen LogP) is 1.56. The Labute approximate surface area is 115 Å². The van der Waals surface area contributed by atoms with E-state index in [1.165, 1.54) is 0 Å². The Morgan fingerprint density at radius 1 is 1.25 bits per heavy atom. The molecule has 0 amide bonds. The van der Waals surface area contributed by atoms with E-state index in [-0.39, 0.29) is 5.75 Å². The van der Waals surface area contributed by atoms with Crippen LogP contribution in [-0.2, 0) is 14.8 Å². The van der Waals surface area contributed by atoms with E-state index in [0.717, 1.165) is 0 Å². The molecule has 1 saturated heterocycles. The van der Waals surface area contributed by atoms with Gasteiger partial charge in [-0.1, -0.05) is 20.8 Å². The summed E-state index contributed by atoms with van der Waals surface area (Å²) < 4.78 is 63.1. The summed E-state index contributed by atoms with van der Waals surface area (Å²) in [6, 6.07) is 0. The first-order chi connectivity index (χ1) is 8.74. The van der Waals surface area contributed by atoms with E-state index in [4.69, 9.17) is 5.11 Å². The van der Waals surface area contributed by atoms with Crippen LogP contribution in [0.25, 0.3) is 0 Å². The molecule has 0 aromatic rings. The maximum atomic E-state index is 12.8. The van der Waals surface area contributed by atoms with Crippen LogP contribution in [0.2, 0.25) is 0 Å². The predicted molar refractivity (Wildman–Crippen MR) is 65.5 cm³/mol. The third-order valence-electron chi connectivity index (χ3n) is 3.03. The summed E-state index contributed by atoms with van der Waals surface area (Å²) in [6.07, 6.45) is -4.73. The highest BCUT2D eigenvalue weighted by Gasteiger charge is 2.54. The van der Waals surface area contributed by atoms with E-state index < -0.39 is 52.5 Å². The Morgan fingerprint density at radius 3 is 2.05 bits per heavy atom. The third kappa shape index (κ3) is 4.08. The number of carboxylic acids is 1. The van der Waals surface area contributed by atoms with Crippen molar-refractivity contribution in [2.24, 2.45) is 17.3 Å². The van der Waals surface area contributed by atoms with Gasteiger partial charge in [-0.15, -0.1) is 0 Å². The van der Waals surface area contributed by atoms with E-state index >= 15 is 0 Å². The molecule has 0 aliphatic carbocycles. The van der Waals surface area contributed by atoms with Crippen LogP contribution >= 0.6 is 0 Å². The SMILES string of the molecule is CC(C)(C)CS(=O)(=O)N1C[C@@H](C(F)(F)F)[C@H](C(=O)O)C1. The number of carbonyl (C=O) groups is 1. The number of alkyl halides is 3. The summed E-state index contributed by atoms with van der Waals surface area (Å²) in [5.41, 5.74) is -0.617. The number of halogens is 3. The quantitative estimate of drug-likeness (QED) is 0.857. The molecule has 1 aliphatic rings. The molecule has 0 unspecified atom stereocenters. The first-order valence-electron chi connectivity index (χ1n) is 6.01. The van der Waals surface area contributed by atoms with Gasteiger partial charge in [0, 0.05) is 13.1 Å². The van der Waals surface area contributed by atoms with Gasteiger partial charge in [0.25, 0.3) is 0 Å². The molecule has 0 saturated carbocycles. The van der Waals surface area contributed by atoms with Crippen molar-refractivity contribution in [1.29, 1.82) is 0 Å². The maximum absolute atomic E-state index is 12.8. The smallest absolute Gasteiger partial charge is 0.393 e. The van der Waals surface area contributed by atoms with Crippen molar-refractivity contribution in [2.45, 2.75) is 26.9 Å². The zero-order valence-corrected chi connectivity index (χ0v) is 12.3. The summed E-state index contributed by atoms with van der Waals surface area (Å²) in [5.74, 6) is -5.85. The van der Waals surface area contributed by atoms with Gasteiger partial charge >= 0.3 is 12.1 Å². The van der Waals surface area contributed by atoms with Gasteiger partial charge in [-0.2, -0.15) is 13.2 Å². The van der Waals surface area contributed by atoms with E-state index in [1.54, 1.807) is 20.8 Å². The number of rotatable bonds is 3. The fourth-order valence-corrected chi connectivity index (χ4v) is 4.27. The molecular weight excluding hydrogens is 299 g/mol. The Morgan fingerprint density at radius 2 is 1.75 bits per heavy atom. The molecule has 0 radical (unpaired) electrons. The van der Waals surface area contributed by atoms with Crippen molar-refractivity contribution in [3.8, 4) is 0 Å². The first kappa shape index (κ1) is 17.2. The van der Waals surface area contributed by atoms with Crippen LogP contribution in [0.5, 0.6) is 0 Å². The number of hydrogen-bond donors (Lipinski definition) is 1. The first-order valence-corrected chi connectivity index (χ1v) is 7.62. The molecular formula is C11H18F3NO4S. The van der Waals surface area contributed by atoms with Crippen molar-refractivity contribution in [1.82, 2.24) is 4.31 Å². The van der Waals surface area contributed by atoms with Crippen molar-refractivity contribution in [2.75, 3.05) is 18.8 Å². The molecule has 9 heteroatoms. The van der Waals surface area contributed by atoms with E-state index in [0.29, 0.717) is 4.31 Å². The second-order valence-corrected chi connectivity index (χ2v) is 8.20. The average molecular weight is 317 g/mol. The Hall–Kier alpha value is -0.830. The van der Waals surface area contributed by atoms with Crippen molar-refractivity contribution >= 4 is 16.0 Å². The second-order valence-electron chi connectivity index (χ2n) is 6.23. The number of carboxylic acid groups (broad SMARTS) is 1. The molecule has 20 heavy (non-hydrogen) atoms. The van der Waals surface area contributed by atoms with Gasteiger partial charge in [0.2, 0.25) is 10.0 Å². The Kier molecular flexibility index (Phi) is 4.46. The molecule has 5 nitrogen and oxygen atoms in total. The monoisotopic (exact) mass is 317 g/mol. The Bertz CT molecular complexity index is 481. The minimum Gasteiger partial charge on any atom is -0.481 e. The van der Waals surface area contributed by atoms with Gasteiger partial charge in [0.05, 0.1) is 17.6 Å². The summed E-state index contributed by atoms with van der Waals surface area (Å²) in [6.45, 7) is 3.50. The fourth-order valence-electron chi connectivity index (χ4n) is 2.22. The summed E-state index contributed by atoms with van der Waals surface area (Å²) in [7, 11) is -3.91. The molecule has 0 aromatic heterocycles.